The molecular weight excluding hydrogens is 302 g/mol. The Kier molecular flexibility index (Phi) is 4.73. The summed E-state index contributed by atoms with van der Waals surface area (Å²) in [6.45, 7) is 0. The maximum Gasteiger partial charge on any atom is 0.161 e. The molecule has 20 heavy (non-hydrogen) atoms. The summed E-state index contributed by atoms with van der Waals surface area (Å²) < 4.78 is 24.4. The summed E-state index contributed by atoms with van der Waals surface area (Å²) in [6, 6.07) is 9.97. The van der Waals surface area contributed by atoms with E-state index >= 15 is 0 Å². The third-order valence-corrected chi connectivity index (χ3v) is 3.73. The normalized spacial score (nSPS) is 12.1. The summed E-state index contributed by atoms with van der Waals surface area (Å²) in [5.74, 6) is 0.619. The third kappa shape index (κ3) is 2.84. The second-order valence-electron chi connectivity index (χ2n) is 4.12. The number of ether oxygens (including phenoxy) is 2. The monoisotopic (exact) mass is 314 g/mol. The van der Waals surface area contributed by atoms with Crippen molar-refractivity contribution in [3.8, 4) is 11.5 Å². The van der Waals surface area contributed by atoms with Gasteiger partial charge in [-0.15, -0.1) is 11.6 Å². The predicted molar refractivity (Wildman–Crippen MR) is 78.7 cm³/mol. The van der Waals surface area contributed by atoms with E-state index in [-0.39, 0.29) is 5.02 Å². The van der Waals surface area contributed by atoms with Crippen LogP contribution in [0.3, 0.4) is 0 Å². The molecule has 0 aliphatic carbocycles. The average molecular weight is 315 g/mol. The second-order valence-corrected chi connectivity index (χ2v) is 4.96. The fraction of sp³-hybridized carbons (Fsp3) is 0.200. The van der Waals surface area contributed by atoms with E-state index in [0.29, 0.717) is 22.6 Å². The van der Waals surface area contributed by atoms with Crippen LogP contribution in [0.4, 0.5) is 4.39 Å². The van der Waals surface area contributed by atoms with Gasteiger partial charge in [-0.1, -0.05) is 29.8 Å². The molecule has 0 fully saturated rings. The van der Waals surface area contributed by atoms with Gasteiger partial charge in [-0.3, -0.25) is 0 Å². The smallest absolute Gasteiger partial charge is 0.161 e. The van der Waals surface area contributed by atoms with E-state index in [0.717, 1.165) is 0 Å². The summed E-state index contributed by atoms with van der Waals surface area (Å²) in [5.41, 5.74) is 1.02. The zero-order valence-electron chi connectivity index (χ0n) is 11.0. The van der Waals surface area contributed by atoms with Gasteiger partial charge in [0.15, 0.2) is 11.5 Å². The second kappa shape index (κ2) is 6.33. The van der Waals surface area contributed by atoms with Crippen molar-refractivity contribution < 1.29 is 13.9 Å². The van der Waals surface area contributed by atoms with E-state index < -0.39 is 11.2 Å². The molecule has 2 nitrogen and oxygen atoms in total. The van der Waals surface area contributed by atoms with Gasteiger partial charge in [0, 0.05) is 5.56 Å². The molecule has 0 aromatic heterocycles. The lowest BCUT2D eigenvalue weighted by Crippen LogP contribution is -1.99. The van der Waals surface area contributed by atoms with Crippen molar-refractivity contribution in [2.75, 3.05) is 14.2 Å². The standard InChI is InChI=1S/C15H13Cl2FO2/c1-19-12-7-6-9(8-13(12)20-2)14(17)10-4-3-5-11(16)15(10)18/h3-8,14H,1-2H3. The highest BCUT2D eigenvalue weighted by Crippen LogP contribution is 2.37. The Morgan fingerprint density at radius 1 is 1.05 bits per heavy atom. The molecule has 0 N–H and O–H groups in total. The van der Waals surface area contributed by atoms with Gasteiger partial charge in [-0.05, 0) is 23.8 Å². The Morgan fingerprint density at radius 3 is 2.40 bits per heavy atom. The van der Waals surface area contributed by atoms with Gasteiger partial charge >= 0.3 is 0 Å². The number of hydrogen-bond donors (Lipinski definition) is 0. The molecule has 0 bridgehead atoms. The molecule has 0 aliphatic heterocycles. The first-order valence-electron chi connectivity index (χ1n) is 5.88. The molecular formula is C15H13Cl2FO2. The van der Waals surface area contributed by atoms with E-state index in [4.69, 9.17) is 32.7 Å². The quantitative estimate of drug-likeness (QED) is 0.753. The van der Waals surface area contributed by atoms with Crippen LogP contribution in [0.25, 0.3) is 0 Å². The lowest BCUT2D eigenvalue weighted by molar-refractivity contribution is 0.354. The molecule has 5 heteroatoms. The highest BCUT2D eigenvalue weighted by atomic mass is 35.5. The van der Waals surface area contributed by atoms with Gasteiger partial charge in [-0.25, -0.2) is 4.39 Å². The van der Waals surface area contributed by atoms with Crippen LogP contribution in [0, 0.1) is 5.82 Å². The minimum absolute atomic E-state index is 0.0497. The Hall–Kier alpha value is -1.45. The minimum Gasteiger partial charge on any atom is -0.493 e. The molecule has 2 aromatic rings. The van der Waals surface area contributed by atoms with E-state index in [1.54, 1.807) is 37.4 Å². The Labute approximate surface area is 127 Å². The molecule has 1 unspecified atom stereocenters. The van der Waals surface area contributed by atoms with Gasteiger partial charge in [-0.2, -0.15) is 0 Å². The summed E-state index contributed by atoms with van der Waals surface area (Å²) in [5, 5.41) is -0.609. The fourth-order valence-corrected chi connectivity index (χ4v) is 2.39. The molecule has 0 radical (unpaired) electrons. The van der Waals surface area contributed by atoms with Crippen molar-refractivity contribution >= 4 is 23.2 Å². The number of halogens is 3. The lowest BCUT2D eigenvalue weighted by Gasteiger charge is -2.14. The van der Waals surface area contributed by atoms with E-state index in [2.05, 4.69) is 0 Å². The van der Waals surface area contributed by atoms with Crippen LogP contribution in [0.2, 0.25) is 5.02 Å². The first kappa shape index (κ1) is 14.9. The van der Waals surface area contributed by atoms with Crippen molar-refractivity contribution in [2.24, 2.45) is 0 Å². The largest absolute Gasteiger partial charge is 0.493 e. The molecule has 1 atom stereocenters. The molecule has 0 saturated heterocycles. The van der Waals surface area contributed by atoms with Crippen molar-refractivity contribution in [3.63, 3.8) is 0 Å². The van der Waals surface area contributed by atoms with Crippen molar-refractivity contribution in [1.82, 2.24) is 0 Å². The zero-order valence-corrected chi connectivity index (χ0v) is 12.5. The van der Waals surface area contributed by atoms with Crippen LogP contribution in [0.1, 0.15) is 16.5 Å². The molecule has 0 amide bonds. The summed E-state index contributed by atoms with van der Waals surface area (Å²) in [4.78, 5) is 0. The fourth-order valence-electron chi connectivity index (χ4n) is 1.91. The first-order valence-corrected chi connectivity index (χ1v) is 6.69. The molecule has 0 spiro atoms. The molecule has 2 aromatic carbocycles. The molecule has 0 heterocycles. The molecule has 0 aliphatic rings. The number of hydrogen-bond acceptors (Lipinski definition) is 2. The topological polar surface area (TPSA) is 18.5 Å². The van der Waals surface area contributed by atoms with Crippen LogP contribution < -0.4 is 9.47 Å². The van der Waals surface area contributed by atoms with Gasteiger partial charge in [0.25, 0.3) is 0 Å². The SMILES string of the molecule is COc1ccc(C(Cl)c2cccc(Cl)c2F)cc1OC. The first-order chi connectivity index (χ1) is 9.58. The summed E-state index contributed by atoms with van der Waals surface area (Å²) in [7, 11) is 3.08. The van der Waals surface area contributed by atoms with Crippen LogP contribution in [-0.2, 0) is 0 Å². The molecule has 2 rings (SSSR count). The lowest BCUT2D eigenvalue weighted by atomic mass is 10.0. The average Bonchev–Trinajstić information content (AvgIpc) is 2.48. The minimum atomic E-state index is -0.659. The number of benzene rings is 2. The van der Waals surface area contributed by atoms with Crippen molar-refractivity contribution in [3.05, 3.63) is 58.4 Å². The summed E-state index contributed by atoms with van der Waals surface area (Å²) >= 11 is 12.1. The number of alkyl halides is 1. The van der Waals surface area contributed by atoms with Crippen molar-refractivity contribution in [2.45, 2.75) is 5.38 Å². The Bertz CT molecular complexity index is 617. The van der Waals surface area contributed by atoms with E-state index in [9.17, 15) is 4.39 Å². The maximum atomic E-state index is 14.0. The van der Waals surface area contributed by atoms with Crippen LogP contribution in [-0.4, -0.2) is 14.2 Å². The predicted octanol–water partition coefficient (Wildman–Crippen LogP) is 4.82. The van der Waals surface area contributed by atoms with Gasteiger partial charge in [0.1, 0.15) is 5.82 Å². The van der Waals surface area contributed by atoms with E-state index in [1.807, 2.05) is 0 Å². The van der Waals surface area contributed by atoms with Gasteiger partial charge in [0.2, 0.25) is 0 Å². The molecule has 0 saturated carbocycles. The zero-order chi connectivity index (χ0) is 14.7. The highest BCUT2D eigenvalue weighted by molar-refractivity contribution is 6.31. The maximum absolute atomic E-state index is 14.0. The highest BCUT2D eigenvalue weighted by Gasteiger charge is 2.18. The van der Waals surface area contributed by atoms with Crippen molar-refractivity contribution in [1.29, 1.82) is 0 Å². The Morgan fingerprint density at radius 2 is 1.75 bits per heavy atom. The van der Waals surface area contributed by atoms with Crippen LogP contribution in [0.5, 0.6) is 11.5 Å². The van der Waals surface area contributed by atoms with Gasteiger partial charge in [0.05, 0.1) is 24.6 Å². The third-order valence-electron chi connectivity index (χ3n) is 2.95. The van der Waals surface area contributed by atoms with Crippen LogP contribution in [0.15, 0.2) is 36.4 Å². The number of methoxy groups -OCH3 is 2. The molecule has 106 valence electrons. The summed E-state index contributed by atoms with van der Waals surface area (Å²) in [6.07, 6.45) is 0. The van der Waals surface area contributed by atoms with Crippen LogP contribution >= 0.6 is 23.2 Å². The number of rotatable bonds is 4. The van der Waals surface area contributed by atoms with Gasteiger partial charge < -0.3 is 9.47 Å². The Balaban J connectivity index is 2.43. The van der Waals surface area contributed by atoms with E-state index in [1.165, 1.54) is 13.2 Å².